The molecule has 3 rings (SSSR count). The molecule has 0 aliphatic rings. The fourth-order valence-electron chi connectivity index (χ4n) is 2.93. The Labute approximate surface area is 187 Å². The number of urea groups is 1. The normalized spacial score (nSPS) is 11.4. The summed E-state index contributed by atoms with van der Waals surface area (Å²) in [5.41, 5.74) is 6.92. The molecule has 0 unspecified atom stereocenters. The zero-order valence-electron chi connectivity index (χ0n) is 17.0. The van der Waals surface area contributed by atoms with E-state index in [9.17, 15) is 18.0 Å². The minimum Gasteiger partial charge on any atom is -0.385 e. The van der Waals surface area contributed by atoms with Crippen molar-refractivity contribution in [3.8, 4) is 16.9 Å². The van der Waals surface area contributed by atoms with Gasteiger partial charge in [-0.15, -0.1) is 0 Å². The van der Waals surface area contributed by atoms with Crippen LogP contribution in [0.1, 0.15) is 12.0 Å². The molecule has 4 N–H and O–H groups in total. The Morgan fingerprint density at radius 3 is 2.41 bits per heavy atom. The fourth-order valence-corrected chi connectivity index (χ4v) is 3.05. The van der Waals surface area contributed by atoms with E-state index in [-0.39, 0.29) is 11.5 Å². The third-order valence-corrected chi connectivity index (χ3v) is 4.78. The second-order valence-electron chi connectivity index (χ2n) is 6.80. The maximum Gasteiger partial charge on any atom is 0.416 e. The second-order valence-corrected chi connectivity index (χ2v) is 7.24. The van der Waals surface area contributed by atoms with Gasteiger partial charge in [-0.3, -0.25) is 0 Å². The summed E-state index contributed by atoms with van der Waals surface area (Å²) in [6.45, 7) is 0.868. The van der Waals surface area contributed by atoms with Crippen LogP contribution in [0.25, 0.3) is 16.9 Å². The molecule has 0 saturated carbocycles. The Hall–Kier alpha value is -3.24. The molecule has 1 heterocycles. The number of nitrogens with zero attached hydrogens (tertiary/aromatic N) is 2. The van der Waals surface area contributed by atoms with Gasteiger partial charge in [-0.1, -0.05) is 23.7 Å². The van der Waals surface area contributed by atoms with Crippen LogP contribution in [-0.4, -0.2) is 36.1 Å². The van der Waals surface area contributed by atoms with Crippen LogP contribution in [0.2, 0.25) is 5.02 Å². The van der Waals surface area contributed by atoms with Crippen LogP contribution in [0.4, 0.5) is 29.5 Å². The third-order valence-electron chi connectivity index (χ3n) is 4.53. The van der Waals surface area contributed by atoms with E-state index >= 15 is 0 Å². The molecule has 32 heavy (non-hydrogen) atoms. The lowest BCUT2D eigenvalue weighted by Crippen LogP contribution is -2.30. The predicted molar refractivity (Wildman–Crippen MR) is 117 cm³/mol. The molecule has 0 atom stereocenters. The molecular weight excluding hydrogens is 447 g/mol. The highest BCUT2D eigenvalue weighted by molar-refractivity contribution is 6.30. The number of carbonyl (C=O) groups is 1. The van der Waals surface area contributed by atoms with E-state index < -0.39 is 17.8 Å². The molecule has 0 aliphatic carbocycles. The van der Waals surface area contributed by atoms with Gasteiger partial charge in [-0.2, -0.15) is 18.3 Å². The van der Waals surface area contributed by atoms with Gasteiger partial charge >= 0.3 is 12.2 Å². The number of nitrogen functional groups attached to an aromatic ring is 1. The molecule has 170 valence electrons. The number of rotatable bonds is 7. The molecule has 11 heteroatoms. The molecule has 0 fully saturated rings. The van der Waals surface area contributed by atoms with Crippen molar-refractivity contribution < 1.29 is 22.7 Å². The molecule has 0 bridgehead atoms. The average molecular weight is 468 g/mol. The highest BCUT2D eigenvalue weighted by Crippen LogP contribution is 2.35. The number of halogens is 4. The summed E-state index contributed by atoms with van der Waals surface area (Å²) < 4.78 is 44.9. The van der Waals surface area contributed by atoms with Crippen molar-refractivity contribution in [1.82, 2.24) is 15.1 Å². The van der Waals surface area contributed by atoms with Crippen LogP contribution in [-0.2, 0) is 10.9 Å². The molecule has 3 aromatic rings. The number of hydrogen-bond donors (Lipinski definition) is 3. The summed E-state index contributed by atoms with van der Waals surface area (Å²) >= 11 is 5.96. The lowest BCUT2D eigenvalue weighted by molar-refractivity contribution is -0.137. The quantitative estimate of drug-likeness (QED) is 0.428. The van der Waals surface area contributed by atoms with Crippen LogP contribution in [0.15, 0.2) is 48.5 Å². The molecule has 0 saturated heterocycles. The molecule has 1 aromatic heterocycles. The van der Waals surface area contributed by atoms with Gasteiger partial charge in [0.05, 0.1) is 11.3 Å². The van der Waals surface area contributed by atoms with Gasteiger partial charge in [0.1, 0.15) is 11.4 Å². The van der Waals surface area contributed by atoms with E-state index in [1.165, 1.54) is 16.8 Å². The Balaban J connectivity index is 1.96. The van der Waals surface area contributed by atoms with Crippen molar-refractivity contribution in [2.45, 2.75) is 12.6 Å². The summed E-state index contributed by atoms with van der Waals surface area (Å²) in [5.74, 6) is 0.0572. The summed E-state index contributed by atoms with van der Waals surface area (Å²) in [7, 11) is 1.56. The molecular formula is C21H21ClF3N5O2. The predicted octanol–water partition coefficient (Wildman–Crippen LogP) is 4.95. The maximum atomic E-state index is 12.9. The topological polar surface area (TPSA) is 94.2 Å². The molecule has 0 spiro atoms. The van der Waals surface area contributed by atoms with E-state index in [0.29, 0.717) is 41.5 Å². The number of nitrogens with one attached hydrogen (secondary N) is 2. The number of nitrogens with two attached hydrogens (primary N) is 1. The first-order valence-corrected chi connectivity index (χ1v) is 9.94. The van der Waals surface area contributed by atoms with E-state index in [0.717, 1.165) is 12.1 Å². The van der Waals surface area contributed by atoms with Crippen LogP contribution in [0.5, 0.6) is 0 Å². The smallest absolute Gasteiger partial charge is 0.385 e. The van der Waals surface area contributed by atoms with Crippen molar-refractivity contribution in [3.05, 3.63) is 59.1 Å². The Bertz CT molecular complexity index is 1070. The van der Waals surface area contributed by atoms with Crippen molar-refractivity contribution in [2.75, 3.05) is 31.3 Å². The van der Waals surface area contributed by atoms with Gasteiger partial charge in [0, 0.05) is 30.8 Å². The van der Waals surface area contributed by atoms with Crippen molar-refractivity contribution in [2.24, 2.45) is 0 Å². The number of benzene rings is 2. The van der Waals surface area contributed by atoms with E-state index in [1.54, 1.807) is 31.4 Å². The zero-order valence-corrected chi connectivity index (χ0v) is 17.8. The molecule has 2 amide bonds. The van der Waals surface area contributed by atoms with Gasteiger partial charge < -0.3 is 21.1 Å². The summed E-state index contributed by atoms with van der Waals surface area (Å²) in [6, 6.07) is 10.6. The molecule has 0 radical (unpaired) electrons. The van der Waals surface area contributed by atoms with E-state index in [4.69, 9.17) is 22.1 Å². The van der Waals surface area contributed by atoms with Crippen LogP contribution >= 0.6 is 11.6 Å². The lowest BCUT2D eigenvalue weighted by atomic mass is 10.1. The monoisotopic (exact) mass is 467 g/mol. The minimum absolute atomic E-state index is 0.0572. The van der Waals surface area contributed by atoms with E-state index in [2.05, 4.69) is 15.7 Å². The first kappa shape index (κ1) is 23.4. The third kappa shape index (κ3) is 5.51. The second kappa shape index (κ2) is 9.92. The number of aromatic nitrogens is 2. The van der Waals surface area contributed by atoms with Crippen LogP contribution in [0.3, 0.4) is 0 Å². The Morgan fingerprint density at radius 2 is 1.81 bits per heavy atom. The van der Waals surface area contributed by atoms with Crippen molar-refractivity contribution in [1.29, 1.82) is 0 Å². The molecule has 7 nitrogen and oxygen atoms in total. The number of carbonyl (C=O) groups excluding carboxylic acids is 1. The number of methoxy groups -OCH3 is 1. The number of alkyl halides is 3. The number of hydrogen-bond acceptors (Lipinski definition) is 4. The summed E-state index contributed by atoms with van der Waals surface area (Å²) in [6.07, 6.45) is -3.84. The Kier molecular flexibility index (Phi) is 7.26. The van der Waals surface area contributed by atoms with Crippen molar-refractivity contribution >= 4 is 29.1 Å². The lowest BCUT2D eigenvalue weighted by Gasteiger charge is -2.10. The fraction of sp³-hybridized carbons (Fsp3) is 0.238. The van der Waals surface area contributed by atoms with Gasteiger partial charge in [0.25, 0.3) is 0 Å². The van der Waals surface area contributed by atoms with Gasteiger partial charge in [0.2, 0.25) is 0 Å². The van der Waals surface area contributed by atoms with Gasteiger partial charge in [-0.05, 0) is 42.8 Å². The first-order chi connectivity index (χ1) is 15.2. The largest absolute Gasteiger partial charge is 0.416 e. The Morgan fingerprint density at radius 1 is 1.16 bits per heavy atom. The standard InChI is InChI=1S/C21H21ClF3N5O2/c1-32-12-2-11-27-20(31)28-18-17(13-3-7-15(22)8-4-13)29-30(19(18)26)16-9-5-14(6-10-16)21(23,24)25/h3-10H,2,11-12,26H2,1H3,(H2,27,28,31). The average Bonchev–Trinajstić information content (AvgIpc) is 3.07. The number of amides is 2. The zero-order chi connectivity index (χ0) is 23.3. The van der Waals surface area contributed by atoms with Crippen LogP contribution in [0, 0.1) is 0 Å². The molecule has 2 aromatic carbocycles. The SMILES string of the molecule is COCCCNC(=O)Nc1c(-c2ccc(Cl)cc2)nn(-c2ccc(C(F)(F)F)cc2)c1N. The minimum atomic E-state index is -4.46. The summed E-state index contributed by atoms with van der Waals surface area (Å²) in [4.78, 5) is 12.4. The number of anilines is 2. The highest BCUT2D eigenvalue weighted by Gasteiger charge is 2.30. The van der Waals surface area contributed by atoms with Crippen molar-refractivity contribution in [3.63, 3.8) is 0 Å². The first-order valence-electron chi connectivity index (χ1n) is 9.56. The van der Waals surface area contributed by atoms with E-state index in [1.807, 2.05) is 0 Å². The molecule has 0 aliphatic heterocycles. The highest BCUT2D eigenvalue weighted by atomic mass is 35.5. The maximum absolute atomic E-state index is 12.9. The van der Waals surface area contributed by atoms with Gasteiger partial charge in [-0.25, -0.2) is 9.48 Å². The van der Waals surface area contributed by atoms with Gasteiger partial charge in [0.15, 0.2) is 5.82 Å². The number of ether oxygens (including phenoxy) is 1. The summed E-state index contributed by atoms with van der Waals surface area (Å²) in [5, 5.41) is 10.3. The van der Waals surface area contributed by atoms with Crippen LogP contribution < -0.4 is 16.4 Å².